The predicted molar refractivity (Wildman–Crippen MR) is 43.5 cm³/mol. The zero-order valence-electron chi connectivity index (χ0n) is 6.59. The lowest BCUT2D eigenvalue weighted by atomic mass is 10.1. The van der Waals surface area contributed by atoms with Crippen molar-refractivity contribution in [2.75, 3.05) is 0 Å². The first-order chi connectivity index (χ1) is 5.29. The quantitative estimate of drug-likeness (QED) is 0.572. The summed E-state index contributed by atoms with van der Waals surface area (Å²) < 4.78 is 5.22. The molecular formula is C9H9NO. The molecule has 0 fully saturated rings. The van der Waals surface area contributed by atoms with Crippen LogP contribution in [0.15, 0.2) is 22.9 Å². The molecule has 1 heterocycles. The molecule has 1 aromatic carbocycles. The highest BCUT2D eigenvalue weighted by atomic mass is 16.3. The van der Waals surface area contributed by atoms with Crippen LogP contribution in [0.5, 0.6) is 0 Å². The van der Waals surface area contributed by atoms with E-state index >= 15 is 0 Å². The maximum atomic E-state index is 5.22. The van der Waals surface area contributed by atoms with Crippen LogP contribution in [0.25, 0.3) is 11.1 Å². The van der Waals surface area contributed by atoms with E-state index in [0.717, 1.165) is 16.7 Å². The molecule has 0 saturated heterocycles. The SMILES string of the molecule is Cc1ccc(C)c2ocnc12. The monoisotopic (exact) mass is 147 g/mol. The highest BCUT2D eigenvalue weighted by molar-refractivity contribution is 5.78. The van der Waals surface area contributed by atoms with Gasteiger partial charge < -0.3 is 4.42 Å². The van der Waals surface area contributed by atoms with Crippen LogP contribution in [0.3, 0.4) is 0 Å². The summed E-state index contributed by atoms with van der Waals surface area (Å²) in [4.78, 5) is 4.11. The van der Waals surface area contributed by atoms with Crippen LogP contribution >= 0.6 is 0 Å². The molecule has 0 atom stereocenters. The van der Waals surface area contributed by atoms with E-state index in [1.807, 2.05) is 19.9 Å². The summed E-state index contributed by atoms with van der Waals surface area (Å²) in [6, 6.07) is 4.10. The lowest BCUT2D eigenvalue weighted by Crippen LogP contribution is -1.78. The first-order valence-corrected chi connectivity index (χ1v) is 3.58. The maximum absolute atomic E-state index is 5.22. The van der Waals surface area contributed by atoms with Gasteiger partial charge in [-0.05, 0) is 25.0 Å². The fourth-order valence-corrected chi connectivity index (χ4v) is 1.21. The van der Waals surface area contributed by atoms with Crippen molar-refractivity contribution in [1.29, 1.82) is 0 Å². The first-order valence-electron chi connectivity index (χ1n) is 3.58. The summed E-state index contributed by atoms with van der Waals surface area (Å²) in [6.45, 7) is 4.05. The van der Waals surface area contributed by atoms with Crippen molar-refractivity contribution >= 4 is 11.1 Å². The summed E-state index contributed by atoms with van der Waals surface area (Å²) in [5, 5.41) is 0. The van der Waals surface area contributed by atoms with E-state index in [0.29, 0.717) is 0 Å². The molecule has 0 unspecified atom stereocenters. The van der Waals surface area contributed by atoms with Crippen LogP contribution in [-0.2, 0) is 0 Å². The number of hydrogen-bond acceptors (Lipinski definition) is 2. The molecule has 0 saturated carbocycles. The molecule has 0 bridgehead atoms. The van der Waals surface area contributed by atoms with Crippen molar-refractivity contribution in [1.82, 2.24) is 4.98 Å². The molecule has 0 aliphatic carbocycles. The normalized spacial score (nSPS) is 10.7. The molecule has 0 aliphatic heterocycles. The molecule has 11 heavy (non-hydrogen) atoms. The van der Waals surface area contributed by atoms with E-state index in [-0.39, 0.29) is 0 Å². The van der Waals surface area contributed by atoms with Crippen molar-refractivity contribution in [3.8, 4) is 0 Å². The largest absolute Gasteiger partial charge is 0.443 e. The molecule has 2 nitrogen and oxygen atoms in total. The molecule has 2 heteroatoms. The summed E-state index contributed by atoms with van der Waals surface area (Å²) in [7, 11) is 0. The molecular weight excluding hydrogens is 138 g/mol. The Kier molecular flexibility index (Phi) is 1.22. The lowest BCUT2D eigenvalue weighted by molar-refractivity contribution is 0.600. The Bertz CT molecular complexity index is 353. The third-order valence-electron chi connectivity index (χ3n) is 1.88. The van der Waals surface area contributed by atoms with Crippen LogP contribution in [0.1, 0.15) is 11.1 Å². The van der Waals surface area contributed by atoms with Gasteiger partial charge in [0.1, 0.15) is 5.52 Å². The first kappa shape index (κ1) is 6.40. The van der Waals surface area contributed by atoms with Crippen molar-refractivity contribution in [3.63, 3.8) is 0 Å². The molecule has 0 N–H and O–H groups in total. The molecule has 0 spiro atoms. The van der Waals surface area contributed by atoms with Gasteiger partial charge in [0, 0.05) is 0 Å². The van der Waals surface area contributed by atoms with Crippen molar-refractivity contribution in [2.45, 2.75) is 13.8 Å². The molecule has 2 aromatic rings. The van der Waals surface area contributed by atoms with Crippen molar-refractivity contribution in [2.24, 2.45) is 0 Å². The Balaban J connectivity index is 2.96. The summed E-state index contributed by atoms with van der Waals surface area (Å²) in [5.41, 5.74) is 4.19. The summed E-state index contributed by atoms with van der Waals surface area (Å²) >= 11 is 0. The Morgan fingerprint density at radius 1 is 1.18 bits per heavy atom. The number of aryl methyl sites for hydroxylation is 2. The number of fused-ring (bicyclic) bond motifs is 1. The number of aromatic nitrogens is 1. The topological polar surface area (TPSA) is 26.0 Å². The Hall–Kier alpha value is -1.31. The Morgan fingerprint density at radius 3 is 2.64 bits per heavy atom. The van der Waals surface area contributed by atoms with Crippen molar-refractivity contribution in [3.05, 3.63) is 29.7 Å². The number of hydrogen-bond donors (Lipinski definition) is 0. The van der Waals surface area contributed by atoms with E-state index in [9.17, 15) is 0 Å². The summed E-state index contributed by atoms with van der Waals surface area (Å²) in [5.74, 6) is 0. The fourth-order valence-electron chi connectivity index (χ4n) is 1.21. The maximum Gasteiger partial charge on any atom is 0.182 e. The number of oxazole rings is 1. The minimum Gasteiger partial charge on any atom is -0.443 e. The molecule has 0 radical (unpaired) electrons. The minimum atomic E-state index is 0.907. The van der Waals surface area contributed by atoms with Crippen LogP contribution < -0.4 is 0 Å². The Morgan fingerprint density at radius 2 is 1.91 bits per heavy atom. The van der Waals surface area contributed by atoms with Gasteiger partial charge in [0.15, 0.2) is 12.0 Å². The second-order valence-corrected chi connectivity index (χ2v) is 2.73. The average Bonchev–Trinajstić information content (AvgIpc) is 2.45. The molecule has 0 amide bonds. The molecule has 1 aromatic heterocycles. The Labute approximate surface area is 64.9 Å². The number of nitrogens with zero attached hydrogens (tertiary/aromatic N) is 1. The van der Waals surface area contributed by atoms with E-state index in [4.69, 9.17) is 4.42 Å². The van der Waals surface area contributed by atoms with E-state index in [2.05, 4.69) is 11.1 Å². The second kappa shape index (κ2) is 2.09. The molecule has 0 aliphatic rings. The highest BCUT2D eigenvalue weighted by Gasteiger charge is 2.03. The lowest BCUT2D eigenvalue weighted by Gasteiger charge is -1.94. The van der Waals surface area contributed by atoms with Gasteiger partial charge in [-0.25, -0.2) is 4.98 Å². The van der Waals surface area contributed by atoms with Crippen LogP contribution in [0.4, 0.5) is 0 Å². The number of rotatable bonds is 0. The van der Waals surface area contributed by atoms with Gasteiger partial charge >= 0.3 is 0 Å². The second-order valence-electron chi connectivity index (χ2n) is 2.73. The fraction of sp³-hybridized carbons (Fsp3) is 0.222. The van der Waals surface area contributed by atoms with Gasteiger partial charge in [-0.2, -0.15) is 0 Å². The van der Waals surface area contributed by atoms with E-state index < -0.39 is 0 Å². The van der Waals surface area contributed by atoms with Gasteiger partial charge in [0.2, 0.25) is 0 Å². The van der Waals surface area contributed by atoms with Gasteiger partial charge in [-0.3, -0.25) is 0 Å². The summed E-state index contributed by atoms with van der Waals surface area (Å²) in [6.07, 6.45) is 1.49. The van der Waals surface area contributed by atoms with Gasteiger partial charge in [0.25, 0.3) is 0 Å². The third-order valence-corrected chi connectivity index (χ3v) is 1.88. The van der Waals surface area contributed by atoms with Gasteiger partial charge in [0.05, 0.1) is 0 Å². The van der Waals surface area contributed by atoms with Crippen LogP contribution in [-0.4, -0.2) is 4.98 Å². The van der Waals surface area contributed by atoms with Gasteiger partial charge in [-0.15, -0.1) is 0 Å². The highest BCUT2D eigenvalue weighted by Crippen LogP contribution is 2.19. The van der Waals surface area contributed by atoms with Gasteiger partial charge in [-0.1, -0.05) is 12.1 Å². The van der Waals surface area contributed by atoms with Crippen LogP contribution in [0, 0.1) is 13.8 Å². The van der Waals surface area contributed by atoms with Crippen LogP contribution in [0.2, 0.25) is 0 Å². The smallest absolute Gasteiger partial charge is 0.182 e. The average molecular weight is 147 g/mol. The number of benzene rings is 1. The minimum absolute atomic E-state index is 0.907. The molecule has 2 rings (SSSR count). The van der Waals surface area contributed by atoms with E-state index in [1.165, 1.54) is 12.0 Å². The van der Waals surface area contributed by atoms with Crippen molar-refractivity contribution < 1.29 is 4.42 Å². The molecule has 56 valence electrons. The third kappa shape index (κ3) is 0.827. The zero-order chi connectivity index (χ0) is 7.84. The predicted octanol–water partition coefficient (Wildman–Crippen LogP) is 2.44. The zero-order valence-corrected chi connectivity index (χ0v) is 6.59. The standard InChI is InChI=1S/C9H9NO/c1-6-3-4-7(2)9-8(6)10-5-11-9/h3-5H,1-2H3. The van der Waals surface area contributed by atoms with E-state index in [1.54, 1.807) is 0 Å².